The number of carbonyl (C=O) groups is 3. The lowest BCUT2D eigenvalue weighted by atomic mass is 9.79. The maximum atomic E-state index is 12.5. The molecule has 1 aromatic rings. The number of imide groups is 1. The molecule has 3 amide bonds. The number of hydrogen-bond donors (Lipinski definition) is 2. The third-order valence-electron chi connectivity index (χ3n) is 6.46. The van der Waals surface area contributed by atoms with E-state index in [1.165, 1.54) is 39.2 Å². The molecule has 2 atom stereocenters. The monoisotopic (exact) mass is 431 g/mol. The summed E-state index contributed by atoms with van der Waals surface area (Å²) in [5.41, 5.74) is 0.487. The van der Waals surface area contributed by atoms with E-state index < -0.39 is 18.0 Å². The highest BCUT2D eigenvalue weighted by Gasteiger charge is 2.41. The zero-order valence-electron chi connectivity index (χ0n) is 17.7. The van der Waals surface area contributed by atoms with Gasteiger partial charge in [0.15, 0.2) is 11.5 Å². The number of likely N-dealkylation sites (tertiary alicyclic amines) is 1. The Kier molecular flexibility index (Phi) is 6.60. The number of esters is 1. The average Bonchev–Trinajstić information content (AvgIpc) is 3.40. The molecule has 9 nitrogen and oxygen atoms in total. The molecule has 3 aliphatic rings. The second kappa shape index (κ2) is 9.55. The van der Waals surface area contributed by atoms with Crippen molar-refractivity contribution in [2.24, 2.45) is 11.8 Å². The van der Waals surface area contributed by atoms with Gasteiger partial charge in [-0.3, -0.25) is 19.8 Å². The molecule has 4 rings (SSSR count). The Labute approximate surface area is 181 Å². The van der Waals surface area contributed by atoms with Gasteiger partial charge in [0.1, 0.15) is 6.04 Å². The van der Waals surface area contributed by atoms with E-state index in [1.807, 2.05) is 4.90 Å². The topological polar surface area (TPSA) is 106 Å². The summed E-state index contributed by atoms with van der Waals surface area (Å²) in [6, 6.07) is 3.91. The number of rotatable bonds is 5. The Bertz CT molecular complexity index is 839. The van der Waals surface area contributed by atoms with Gasteiger partial charge >= 0.3 is 12.0 Å². The molecule has 31 heavy (non-hydrogen) atoms. The van der Waals surface area contributed by atoms with E-state index in [0.29, 0.717) is 42.0 Å². The van der Waals surface area contributed by atoms with Crippen molar-refractivity contribution in [1.29, 1.82) is 0 Å². The van der Waals surface area contributed by atoms with Crippen molar-refractivity contribution in [3.8, 4) is 11.5 Å². The summed E-state index contributed by atoms with van der Waals surface area (Å²) in [6.45, 7) is 0.779. The molecule has 0 aromatic heterocycles. The molecular formula is C22H29N3O6. The molecule has 1 aliphatic carbocycles. The molecule has 0 spiro atoms. The normalized spacial score (nSPS) is 23.4. The highest BCUT2D eigenvalue weighted by Crippen LogP contribution is 2.37. The first-order valence-corrected chi connectivity index (χ1v) is 10.9. The zero-order valence-corrected chi connectivity index (χ0v) is 17.7. The minimum absolute atomic E-state index is 0.0302. The minimum atomic E-state index is -0.637. The summed E-state index contributed by atoms with van der Waals surface area (Å²) in [7, 11) is 1.37. The number of methoxy groups -OCH3 is 1. The lowest BCUT2D eigenvalue weighted by molar-refractivity contribution is -0.146. The lowest BCUT2D eigenvalue weighted by Gasteiger charge is -2.27. The van der Waals surface area contributed by atoms with Gasteiger partial charge in [-0.15, -0.1) is 0 Å². The number of benzene rings is 1. The molecule has 2 fully saturated rings. The summed E-state index contributed by atoms with van der Waals surface area (Å²) >= 11 is 0. The van der Waals surface area contributed by atoms with Crippen LogP contribution in [0.15, 0.2) is 18.2 Å². The number of anilines is 1. The van der Waals surface area contributed by atoms with Gasteiger partial charge in [0, 0.05) is 18.3 Å². The fourth-order valence-corrected chi connectivity index (χ4v) is 4.93. The van der Waals surface area contributed by atoms with Gasteiger partial charge in [-0.05, 0) is 30.4 Å². The Hall–Kier alpha value is -2.81. The highest BCUT2D eigenvalue weighted by atomic mass is 16.7. The van der Waals surface area contributed by atoms with Gasteiger partial charge in [0.2, 0.25) is 12.7 Å². The average molecular weight is 431 g/mol. The van der Waals surface area contributed by atoms with Crippen LogP contribution < -0.4 is 20.1 Å². The predicted octanol–water partition coefficient (Wildman–Crippen LogP) is 2.51. The zero-order chi connectivity index (χ0) is 21.8. The van der Waals surface area contributed by atoms with Gasteiger partial charge in [-0.25, -0.2) is 4.79 Å². The van der Waals surface area contributed by atoms with Crippen molar-refractivity contribution in [3.05, 3.63) is 18.2 Å². The molecule has 0 bridgehead atoms. The van der Waals surface area contributed by atoms with Gasteiger partial charge in [0.05, 0.1) is 13.7 Å². The second-order valence-corrected chi connectivity index (χ2v) is 8.43. The van der Waals surface area contributed by atoms with E-state index in [0.717, 1.165) is 0 Å². The summed E-state index contributed by atoms with van der Waals surface area (Å²) < 4.78 is 15.5. The van der Waals surface area contributed by atoms with Crippen LogP contribution in [0, 0.1) is 11.8 Å². The van der Waals surface area contributed by atoms with Crippen LogP contribution in [0.5, 0.6) is 11.5 Å². The molecule has 1 saturated carbocycles. The van der Waals surface area contributed by atoms with Crippen molar-refractivity contribution in [2.45, 2.75) is 44.6 Å². The maximum Gasteiger partial charge on any atom is 0.325 e. The van der Waals surface area contributed by atoms with Crippen LogP contribution in [0.2, 0.25) is 0 Å². The fraction of sp³-hybridized carbons (Fsp3) is 0.591. The number of fused-ring (bicyclic) bond motifs is 1. The number of amides is 3. The van der Waals surface area contributed by atoms with E-state index in [1.54, 1.807) is 18.2 Å². The Morgan fingerprint density at radius 1 is 1.10 bits per heavy atom. The van der Waals surface area contributed by atoms with E-state index in [4.69, 9.17) is 14.2 Å². The van der Waals surface area contributed by atoms with Crippen LogP contribution in [0.4, 0.5) is 10.5 Å². The summed E-state index contributed by atoms with van der Waals surface area (Å²) in [4.78, 5) is 38.9. The highest BCUT2D eigenvalue weighted by molar-refractivity contribution is 6.02. The van der Waals surface area contributed by atoms with Gasteiger partial charge in [-0.2, -0.15) is 0 Å². The molecule has 0 radical (unpaired) electrons. The molecular weight excluding hydrogens is 402 g/mol. The van der Waals surface area contributed by atoms with E-state index >= 15 is 0 Å². The molecule has 9 heteroatoms. The van der Waals surface area contributed by atoms with Crippen molar-refractivity contribution >= 4 is 23.6 Å². The molecule has 2 heterocycles. The van der Waals surface area contributed by atoms with E-state index in [2.05, 4.69) is 10.6 Å². The number of nitrogens with one attached hydrogen (secondary N) is 2. The Balaban J connectivity index is 1.32. The standard InChI is InChI=1S/C22H29N3O6/c1-29-21(27)17-9-15(14-5-3-2-4-6-14)11-25(17)12-20(26)24-22(28)23-16-7-8-18-19(10-16)31-13-30-18/h7-8,10,14-15,17H,2-6,9,11-13H2,1H3,(H2,23,24,26,28). The predicted molar refractivity (Wildman–Crippen MR) is 112 cm³/mol. The fourth-order valence-electron chi connectivity index (χ4n) is 4.93. The molecule has 2 aliphatic heterocycles. The molecule has 1 aromatic carbocycles. The van der Waals surface area contributed by atoms with Crippen molar-refractivity contribution in [3.63, 3.8) is 0 Å². The molecule has 2 unspecified atom stereocenters. The third kappa shape index (κ3) is 5.10. The number of nitrogens with zero attached hydrogens (tertiary/aromatic N) is 1. The smallest absolute Gasteiger partial charge is 0.325 e. The minimum Gasteiger partial charge on any atom is -0.468 e. The van der Waals surface area contributed by atoms with E-state index in [9.17, 15) is 14.4 Å². The number of urea groups is 1. The summed E-state index contributed by atoms with van der Waals surface area (Å²) in [5, 5.41) is 4.96. The van der Waals surface area contributed by atoms with Crippen molar-refractivity contribution in [2.75, 3.05) is 32.3 Å². The third-order valence-corrected chi connectivity index (χ3v) is 6.46. The SMILES string of the molecule is COC(=O)C1CC(C2CCCCC2)CN1CC(=O)NC(=O)Nc1ccc2c(c1)OCO2. The first-order valence-electron chi connectivity index (χ1n) is 10.9. The summed E-state index contributed by atoms with van der Waals surface area (Å²) in [6.07, 6.45) is 6.78. The Morgan fingerprint density at radius 3 is 2.65 bits per heavy atom. The maximum absolute atomic E-state index is 12.5. The Morgan fingerprint density at radius 2 is 1.87 bits per heavy atom. The van der Waals surface area contributed by atoms with Gasteiger partial charge < -0.3 is 19.5 Å². The van der Waals surface area contributed by atoms with Crippen molar-refractivity contribution < 1.29 is 28.6 Å². The van der Waals surface area contributed by atoms with Crippen LogP contribution in [-0.2, 0) is 14.3 Å². The van der Waals surface area contributed by atoms with Crippen LogP contribution in [0.1, 0.15) is 38.5 Å². The molecule has 1 saturated heterocycles. The summed E-state index contributed by atoms with van der Waals surface area (Å²) in [5.74, 6) is 1.32. The molecule has 168 valence electrons. The van der Waals surface area contributed by atoms with Crippen LogP contribution in [-0.4, -0.2) is 55.8 Å². The number of carbonyl (C=O) groups excluding carboxylic acids is 3. The number of ether oxygens (including phenoxy) is 3. The first-order chi connectivity index (χ1) is 15.0. The molecule has 2 N–H and O–H groups in total. The van der Waals surface area contributed by atoms with Crippen LogP contribution in [0.3, 0.4) is 0 Å². The van der Waals surface area contributed by atoms with Gasteiger partial charge in [0.25, 0.3) is 0 Å². The van der Waals surface area contributed by atoms with Crippen LogP contribution in [0.25, 0.3) is 0 Å². The van der Waals surface area contributed by atoms with Crippen LogP contribution >= 0.6 is 0 Å². The lowest BCUT2D eigenvalue weighted by Crippen LogP contribution is -2.45. The quantitative estimate of drug-likeness (QED) is 0.690. The first kappa shape index (κ1) is 21.4. The van der Waals surface area contributed by atoms with Crippen molar-refractivity contribution in [1.82, 2.24) is 10.2 Å². The van der Waals surface area contributed by atoms with Gasteiger partial charge in [-0.1, -0.05) is 32.1 Å². The van der Waals surface area contributed by atoms with E-state index in [-0.39, 0.29) is 19.3 Å². The number of hydrogen-bond acceptors (Lipinski definition) is 7. The second-order valence-electron chi connectivity index (χ2n) is 8.43. The largest absolute Gasteiger partial charge is 0.468 e.